The Labute approximate surface area is 90.5 Å². The van der Waals surface area contributed by atoms with E-state index in [-0.39, 0.29) is 0 Å². The minimum absolute atomic E-state index is 0.380. The lowest BCUT2D eigenvalue weighted by atomic mass is 10.1. The molecule has 0 aliphatic heterocycles. The summed E-state index contributed by atoms with van der Waals surface area (Å²) in [6, 6.07) is 5.01. The Balaban J connectivity index is 2.46. The maximum absolute atomic E-state index is 4.11. The summed E-state index contributed by atoms with van der Waals surface area (Å²) in [5, 5.41) is 3.54. The largest absolute Gasteiger partial charge is 0.307 e. The zero-order chi connectivity index (χ0) is 10.4. The van der Waals surface area contributed by atoms with Crippen LogP contribution in [0.15, 0.2) is 24.5 Å². The van der Waals surface area contributed by atoms with Crippen molar-refractivity contribution in [3.63, 3.8) is 0 Å². The van der Waals surface area contributed by atoms with Crippen molar-refractivity contribution in [3.8, 4) is 0 Å². The van der Waals surface area contributed by atoms with Crippen LogP contribution in [-0.2, 0) is 0 Å². The van der Waals surface area contributed by atoms with Crippen LogP contribution in [0.5, 0.6) is 0 Å². The predicted molar refractivity (Wildman–Crippen MR) is 63.6 cm³/mol. The van der Waals surface area contributed by atoms with Gasteiger partial charge < -0.3 is 5.32 Å². The van der Waals surface area contributed by atoms with Crippen LogP contribution in [0.3, 0.4) is 0 Å². The number of thioether (sulfide) groups is 1. The molecule has 0 aliphatic carbocycles. The van der Waals surface area contributed by atoms with Gasteiger partial charge in [0.2, 0.25) is 0 Å². The van der Waals surface area contributed by atoms with Crippen molar-refractivity contribution >= 4 is 11.8 Å². The summed E-state index contributed by atoms with van der Waals surface area (Å²) in [4.78, 5) is 4.11. The number of aromatic nitrogens is 1. The Morgan fingerprint density at radius 1 is 1.50 bits per heavy atom. The molecule has 0 fully saturated rings. The van der Waals surface area contributed by atoms with Gasteiger partial charge in [-0.15, -0.1) is 0 Å². The van der Waals surface area contributed by atoms with E-state index in [0.29, 0.717) is 12.1 Å². The van der Waals surface area contributed by atoms with Crippen LogP contribution in [0.2, 0.25) is 0 Å². The van der Waals surface area contributed by atoms with Crippen LogP contribution in [0.25, 0.3) is 0 Å². The first-order valence-corrected chi connectivity index (χ1v) is 6.28. The first kappa shape index (κ1) is 11.5. The number of hydrogen-bond donors (Lipinski definition) is 1. The SMILES string of the molecule is CSCC(C)NC(C)c1cccnc1. The molecule has 0 bridgehead atoms. The molecule has 2 atom stereocenters. The standard InChI is InChI=1S/C11H18N2S/c1-9(8-14-3)13-10(2)11-5-4-6-12-7-11/h4-7,9-10,13H,8H2,1-3H3. The summed E-state index contributed by atoms with van der Waals surface area (Å²) in [6.45, 7) is 4.39. The van der Waals surface area contributed by atoms with Crippen molar-refractivity contribution in [3.05, 3.63) is 30.1 Å². The van der Waals surface area contributed by atoms with Crippen molar-refractivity contribution < 1.29 is 0 Å². The average Bonchev–Trinajstić information content (AvgIpc) is 2.19. The van der Waals surface area contributed by atoms with Gasteiger partial charge in [-0.25, -0.2) is 0 Å². The Kier molecular flexibility index (Phi) is 4.98. The Morgan fingerprint density at radius 3 is 2.86 bits per heavy atom. The molecule has 1 N–H and O–H groups in total. The second-order valence-corrected chi connectivity index (χ2v) is 4.44. The number of pyridine rings is 1. The molecule has 3 heteroatoms. The third-order valence-electron chi connectivity index (χ3n) is 2.14. The molecule has 0 radical (unpaired) electrons. The summed E-state index contributed by atoms with van der Waals surface area (Å²) >= 11 is 1.87. The number of rotatable bonds is 5. The summed E-state index contributed by atoms with van der Waals surface area (Å²) in [7, 11) is 0. The van der Waals surface area contributed by atoms with E-state index in [0.717, 1.165) is 5.75 Å². The topological polar surface area (TPSA) is 24.9 Å². The van der Waals surface area contributed by atoms with Crippen LogP contribution in [0, 0.1) is 0 Å². The Hall–Kier alpha value is -0.540. The zero-order valence-electron chi connectivity index (χ0n) is 9.03. The third-order valence-corrected chi connectivity index (χ3v) is 2.97. The molecule has 0 aromatic carbocycles. The minimum atomic E-state index is 0.380. The van der Waals surface area contributed by atoms with Gasteiger partial charge in [-0.1, -0.05) is 6.07 Å². The van der Waals surface area contributed by atoms with E-state index in [1.165, 1.54) is 5.56 Å². The van der Waals surface area contributed by atoms with Gasteiger partial charge in [0.25, 0.3) is 0 Å². The molecular weight excluding hydrogens is 192 g/mol. The van der Waals surface area contributed by atoms with E-state index >= 15 is 0 Å². The van der Waals surface area contributed by atoms with Gasteiger partial charge >= 0.3 is 0 Å². The van der Waals surface area contributed by atoms with Gasteiger partial charge in [0.1, 0.15) is 0 Å². The van der Waals surface area contributed by atoms with Crippen LogP contribution in [0.1, 0.15) is 25.5 Å². The van der Waals surface area contributed by atoms with E-state index in [9.17, 15) is 0 Å². The van der Waals surface area contributed by atoms with Crippen LogP contribution >= 0.6 is 11.8 Å². The van der Waals surface area contributed by atoms with E-state index in [4.69, 9.17) is 0 Å². The molecule has 0 amide bonds. The first-order valence-electron chi connectivity index (χ1n) is 4.89. The zero-order valence-corrected chi connectivity index (χ0v) is 9.84. The summed E-state index contributed by atoms with van der Waals surface area (Å²) in [6.07, 6.45) is 5.86. The van der Waals surface area contributed by atoms with Crippen molar-refractivity contribution in [1.82, 2.24) is 10.3 Å². The normalized spacial score (nSPS) is 15.1. The summed E-state index contributed by atoms with van der Waals surface area (Å²) in [5.74, 6) is 1.14. The highest BCUT2D eigenvalue weighted by Crippen LogP contribution is 2.11. The van der Waals surface area contributed by atoms with Gasteiger partial charge in [0.15, 0.2) is 0 Å². The van der Waals surface area contributed by atoms with Crippen molar-refractivity contribution in [2.75, 3.05) is 12.0 Å². The highest BCUT2D eigenvalue weighted by molar-refractivity contribution is 7.98. The molecule has 1 aromatic rings. The highest BCUT2D eigenvalue weighted by Gasteiger charge is 2.08. The molecule has 1 rings (SSSR count). The molecule has 2 unspecified atom stereocenters. The maximum Gasteiger partial charge on any atom is 0.0315 e. The lowest BCUT2D eigenvalue weighted by molar-refractivity contribution is 0.510. The molecule has 1 aromatic heterocycles. The molecule has 2 nitrogen and oxygen atoms in total. The van der Waals surface area contributed by atoms with E-state index in [2.05, 4.69) is 36.5 Å². The van der Waals surface area contributed by atoms with Gasteiger partial charge in [0, 0.05) is 30.2 Å². The fourth-order valence-electron chi connectivity index (χ4n) is 1.45. The van der Waals surface area contributed by atoms with E-state index in [1.807, 2.05) is 30.2 Å². The molecular formula is C11H18N2S. The second-order valence-electron chi connectivity index (χ2n) is 3.53. The molecule has 0 spiro atoms. The molecule has 0 saturated carbocycles. The van der Waals surface area contributed by atoms with Crippen LogP contribution in [-0.4, -0.2) is 23.0 Å². The number of nitrogens with zero attached hydrogens (tertiary/aromatic N) is 1. The maximum atomic E-state index is 4.11. The molecule has 0 saturated heterocycles. The fraction of sp³-hybridized carbons (Fsp3) is 0.545. The van der Waals surface area contributed by atoms with E-state index in [1.54, 1.807) is 0 Å². The smallest absolute Gasteiger partial charge is 0.0315 e. The van der Waals surface area contributed by atoms with Gasteiger partial charge in [-0.2, -0.15) is 11.8 Å². The predicted octanol–water partition coefficient (Wildman–Crippen LogP) is 2.48. The Bertz CT molecular complexity index is 251. The lowest BCUT2D eigenvalue weighted by Crippen LogP contribution is -2.30. The molecule has 1 heterocycles. The third kappa shape index (κ3) is 3.68. The summed E-state index contributed by atoms with van der Waals surface area (Å²) in [5.41, 5.74) is 1.25. The van der Waals surface area contributed by atoms with Crippen molar-refractivity contribution in [2.24, 2.45) is 0 Å². The fourth-order valence-corrected chi connectivity index (χ4v) is 2.05. The van der Waals surface area contributed by atoms with E-state index < -0.39 is 0 Å². The Morgan fingerprint density at radius 2 is 2.29 bits per heavy atom. The highest BCUT2D eigenvalue weighted by atomic mass is 32.2. The van der Waals surface area contributed by atoms with Gasteiger partial charge in [-0.05, 0) is 31.7 Å². The quantitative estimate of drug-likeness (QED) is 0.808. The van der Waals surface area contributed by atoms with Crippen LogP contribution in [0.4, 0.5) is 0 Å². The minimum Gasteiger partial charge on any atom is -0.307 e. The van der Waals surface area contributed by atoms with Gasteiger partial charge in [-0.3, -0.25) is 4.98 Å². The monoisotopic (exact) mass is 210 g/mol. The van der Waals surface area contributed by atoms with Gasteiger partial charge in [0.05, 0.1) is 0 Å². The van der Waals surface area contributed by atoms with Crippen molar-refractivity contribution in [1.29, 1.82) is 0 Å². The first-order chi connectivity index (χ1) is 6.74. The van der Waals surface area contributed by atoms with Crippen LogP contribution < -0.4 is 5.32 Å². The number of nitrogens with one attached hydrogen (secondary N) is 1. The second kappa shape index (κ2) is 6.04. The van der Waals surface area contributed by atoms with Crippen molar-refractivity contribution in [2.45, 2.75) is 25.9 Å². The average molecular weight is 210 g/mol. The lowest BCUT2D eigenvalue weighted by Gasteiger charge is -2.19. The molecule has 0 aliphatic rings. The number of hydrogen-bond acceptors (Lipinski definition) is 3. The summed E-state index contributed by atoms with van der Waals surface area (Å²) < 4.78 is 0. The molecule has 78 valence electrons. The molecule has 14 heavy (non-hydrogen) atoms.